The zero-order valence-corrected chi connectivity index (χ0v) is 21.9. The normalized spacial score (nSPS) is 24.5. The maximum absolute atomic E-state index is 13.7. The highest BCUT2D eigenvalue weighted by Gasteiger charge is 2.56. The first-order valence-electron chi connectivity index (χ1n) is 13.5. The summed E-state index contributed by atoms with van der Waals surface area (Å²) in [5, 5.41) is 6.60. The van der Waals surface area contributed by atoms with E-state index >= 15 is 0 Å². The van der Waals surface area contributed by atoms with Crippen LogP contribution in [0.5, 0.6) is 0 Å². The van der Waals surface area contributed by atoms with Crippen LogP contribution in [0.2, 0.25) is 0 Å². The summed E-state index contributed by atoms with van der Waals surface area (Å²) in [6.45, 7) is 6.19. The number of carbonyl (C=O) groups is 3. The molecule has 0 amide bonds. The van der Waals surface area contributed by atoms with Gasteiger partial charge in [-0.15, -0.1) is 0 Å². The fourth-order valence-corrected chi connectivity index (χ4v) is 5.58. The van der Waals surface area contributed by atoms with Crippen LogP contribution < -0.4 is 10.6 Å². The molecule has 1 saturated heterocycles. The van der Waals surface area contributed by atoms with Gasteiger partial charge in [-0.05, 0) is 44.6 Å². The average Bonchev–Trinajstić information content (AvgIpc) is 3.42. The van der Waals surface area contributed by atoms with Crippen molar-refractivity contribution >= 4 is 17.9 Å². The van der Waals surface area contributed by atoms with Gasteiger partial charge in [-0.25, -0.2) is 4.79 Å². The molecular weight excluding hydrogens is 460 g/mol. The predicted octanol–water partition coefficient (Wildman–Crippen LogP) is 4.65. The van der Waals surface area contributed by atoms with E-state index in [1.807, 2.05) is 37.3 Å². The molecule has 1 saturated carbocycles. The van der Waals surface area contributed by atoms with Crippen LogP contribution in [0.15, 0.2) is 30.3 Å². The third-order valence-corrected chi connectivity index (χ3v) is 7.38. The van der Waals surface area contributed by atoms with Gasteiger partial charge in [0.25, 0.3) is 0 Å². The van der Waals surface area contributed by atoms with Crippen LogP contribution >= 0.6 is 0 Å². The molecule has 2 N–H and O–H groups in total. The lowest BCUT2D eigenvalue weighted by molar-refractivity contribution is -0.146. The quantitative estimate of drug-likeness (QED) is 0.280. The highest BCUT2D eigenvalue weighted by atomic mass is 16.7. The molecule has 1 heterocycles. The van der Waals surface area contributed by atoms with Gasteiger partial charge < -0.3 is 14.2 Å². The highest BCUT2D eigenvalue weighted by molar-refractivity contribution is 5.94. The SMILES string of the molecule is CCCCCC[C@@H](N[C@@H](C)C(=O)[C@]12CCC[C@H]1C[C@H](OC(=O)OCc1ccccc1)N2)C(=O)OCC. The number of esters is 1. The molecule has 3 rings (SSSR count). The van der Waals surface area contributed by atoms with Gasteiger partial charge in [0, 0.05) is 6.42 Å². The van der Waals surface area contributed by atoms with E-state index < -0.39 is 30.0 Å². The number of hydrogen-bond donors (Lipinski definition) is 2. The molecule has 0 unspecified atom stereocenters. The van der Waals surface area contributed by atoms with Gasteiger partial charge in [0.15, 0.2) is 12.0 Å². The summed E-state index contributed by atoms with van der Waals surface area (Å²) < 4.78 is 16.1. The number of rotatable bonds is 14. The lowest BCUT2D eigenvalue weighted by Crippen LogP contribution is -2.59. The van der Waals surface area contributed by atoms with Crippen molar-refractivity contribution in [3.63, 3.8) is 0 Å². The number of ketones is 1. The summed E-state index contributed by atoms with van der Waals surface area (Å²) in [5.74, 6) is -0.223. The van der Waals surface area contributed by atoms with Gasteiger partial charge >= 0.3 is 12.1 Å². The third kappa shape index (κ3) is 7.29. The molecular formula is C28H42N2O6. The minimum atomic E-state index is -0.766. The molecule has 8 nitrogen and oxygen atoms in total. The number of Topliss-reactive ketones (excluding diaryl/α,β-unsaturated/α-hetero) is 1. The van der Waals surface area contributed by atoms with E-state index in [1.54, 1.807) is 6.92 Å². The molecule has 8 heteroatoms. The van der Waals surface area contributed by atoms with Gasteiger partial charge in [0.05, 0.1) is 18.2 Å². The summed E-state index contributed by atoms with van der Waals surface area (Å²) >= 11 is 0. The van der Waals surface area contributed by atoms with Crippen LogP contribution in [0.4, 0.5) is 4.79 Å². The Kier molecular flexibility index (Phi) is 10.7. The van der Waals surface area contributed by atoms with E-state index in [1.165, 1.54) is 0 Å². The molecule has 2 aliphatic rings. The largest absolute Gasteiger partial charge is 0.510 e. The Morgan fingerprint density at radius 2 is 1.89 bits per heavy atom. The standard InChI is InChI=1S/C28H42N2O6/c1-4-6-7-11-16-23(26(32)34-5-2)29-20(3)25(31)28-17-12-15-22(28)18-24(30-28)36-27(33)35-19-21-13-9-8-10-14-21/h8-10,13-14,20,22-24,29-30H,4-7,11-12,15-19H2,1-3H3/t20-,22-,23+,24-,28-/m0/s1. The van der Waals surface area contributed by atoms with Gasteiger partial charge in [0.2, 0.25) is 0 Å². The van der Waals surface area contributed by atoms with Crippen LogP contribution in [0.3, 0.4) is 0 Å². The summed E-state index contributed by atoms with van der Waals surface area (Å²) in [6.07, 6.45) is 6.56. The van der Waals surface area contributed by atoms with E-state index in [4.69, 9.17) is 14.2 Å². The van der Waals surface area contributed by atoms with Gasteiger partial charge in [-0.2, -0.15) is 0 Å². The summed E-state index contributed by atoms with van der Waals surface area (Å²) in [6, 6.07) is 8.36. The number of nitrogens with one attached hydrogen (secondary N) is 2. The molecule has 200 valence electrons. The summed E-state index contributed by atoms with van der Waals surface area (Å²) in [5.41, 5.74) is 0.112. The second-order valence-corrected chi connectivity index (χ2v) is 9.98. The Labute approximate surface area is 214 Å². The van der Waals surface area contributed by atoms with Crippen molar-refractivity contribution in [1.82, 2.24) is 10.6 Å². The number of fused-ring (bicyclic) bond motifs is 1. The topological polar surface area (TPSA) is 103 Å². The Morgan fingerprint density at radius 1 is 1.11 bits per heavy atom. The Morgan fingerprint density at radius 3 is 2.61 bits per heavy atom. The van der Waals surface area contributed by atoms with E-state index in [2.05, 4.69) is 17.6 Å². The highest BCUT2D eigenvalue weighted by Crippen LogP contribution is 2.45. The number of carbonyl (C=O) groups excluding carboxylic acids is 3. The van der Waals surface area contributed by atoms with E-state index in [9.17, 15) is 14.4 Å². The maximum atomic E-state index is 13.7. The van der Waals surface area contributed by atoms with Crippen LogP contribution in [0, 0.1) is 5.92 Å². The maximum Gasteiger partial charge on any atom is 0.510 e. The molecule has 1 aromatic carbocycles. The number of benzene rings is 1. The van der Waals surface area contributed by atoms with E-state index in [0.29, 0.717) is 25.9 Å². The second kappa shape index (κ2) is 13.7. The monoisotopic (exact) mass is 502 g/mol. The number of unbranched alkanes of at least 4 members (excludes halogenated alkanes) is 3. The zero-order valence-electron chi connectivity index (χ0n) is 21.9. The first-order valence-corrected chi connectivity index (χ1v) is 13.5. The van der Waals surface area contributed by atoms with Crippen LogP contribution in [0.25, 0.3) is 0 Å². The molecule has 1 aromatic rings. The van der Waals surface area contributed by atoms with Crippen molar-refractivity contribution in [1.29, 1.82) is 0 Å². The van der Waals surface area contributed by atoms with E-state index in [0.717, 1.165) is 44.1 Å². The minimum absolute atomic E-state index is 0.0107. The first-order chi connectivity index (χ1) is 17.4. The molecule has 1 aliphatic heterocycles. The Balaban J connectivity index is 1.57. The van der Waals surface area contributed by atoms with Crippen LogP contribution in [-0.2, 0) is 30.4 Å². The summed E-state index contributed by atoms with van der Waals surface area (Å²) in [4.78, 5) is 38.6. The minimum Gasteiger partial charge on any atom is -0.465 e. The molecule has 1 aliphatic carbocycles. The van der Waals surface area contributed by atoms with Crippen molar-refractivity contribution in [2.45, 2.75) is 109 Å². The number of hydrogen-bond acceptors (Lipinski definition) is 8. The van der Waals surface area contributed by atoms with Crippen molar-refractivity contribution in [2.24, 2.45) is 5.92 Å². The van der Waals surface area contributed by atoms with Gasteiger partial charge in [-0.3, -0.25) is 20.2 Å². The molecule has 0 radical (unpaired) electrons. The van der Waals surface area contributed by atoms with Crippen molar-refractivity contribution in [3.05, 3.63) is 35.9 Å². The summed E-state index contributed by atoms with van der Waals surface area (Å²) in [7, 11) is 0. The molecule has 0 spiro atoms. The lowest BCUT2D eigenvalue weighted by Gasteiger charge is -2.33. The first kappa shape index (κ1) is 28.1. The predicted molar refractivity (Wildman–Crippen MR) is 136 cm³/mol. The Bertz CT molecular complexity index is 863. The van der Waals surface area contributed by atoms with Crippen molar-refractivity contribution in [2.75, 3.05) is 6.61 Å². The zero-order chi connectivity index (χ0) is 26.0. The van der Waals surface area contributed by atoms with Gasteiger partial charge in [-0.1, -0.05) is 69.4 Å². The smallest absolute Gasteiger partial charge is 0.465 e. The lowest BCUT2D eigenvalue weighted by atomic mass is 9.82. The molecule has 2 fully saturated rings. The fraction of sp³-hybridized carbons (Fsp3) is 0.679. The fourth-order valence-electron chi connectivity index (χ4n) is 5.58. The Hall–Kier alpha value is -2.45. The number of ether oxygens (including phenoxy) is 3. The van der Waals surface area contributed by atoms with Crippen molar-refractivity contribution in [3.8, 4) is 0 Å². The molecule has 0 bridgehead atoms. The molecule has 36 heavy (non-hydrogen) atoms. The van der Waals surface area contributed by atoms with Crippen molar-refractivity contribution < 1.29 is 28.6 Å². The molecule has 0 aromatic heterocycles. The second-order valence-electron chi connectivity index (χ2n) is 9.98. The van der Waals surface area contributed by atoms with E-state index in [-0.39, 0.29) is 24.3 Å². The third-order valence-electron chi connectivity index (χ3n) is 7.38. The average molecular weight is 503 g/mol. The van der Waals surface area contributed by atoms with Crippen LogP contribution in [0.1, 0.15) is 84.1 Å². The molecule has 5 atom stereocenters. The van der Waals surface area contributed by atoms with Crippen LogP contribution in [-0.4, -0.2) is 48.4 Å². The van der Waals surface area contributed by atoms with Gasteiger partial charge in [0.1, 0.15) is 12.6 Å².